The van der Waals surface area contributed by atoms with Gasteiger partial charge in [-0.15, -0.1) is 0 Å². The fraction of sp³-hybridized carbons (Fsp3) is 0.0278. The van der Waals surface area contributed by atoms with Crippen molar-refractivity contribution in [2.75, 3.05) is 0 Å². The van der Waals surface area contributed by atoms with Gasteiger partial charge in [0.1, 0.15) is 5.75 Å². The summed E-state index contributed by atoms with van der Waals surface area (Å²) in [6, 6.07) is 49.2. The molecule has 0 saturated carbocycles. The number of esters is 1. The molecule has 0 atom stereocenters. The van der Waals surface area contributed by atoms with Gasteiger partial charge in [-0.2, -0.15) is 0 Å². The number of carbonyl (C=O) groups excluding carboxylic acids is 1. The molecule has 38 heavy (non-hydrogen) atoms. The van der Waals surface area contributed by atoms with Crippen molar-refractivity contribution < 1.29 is 9.53 Å². The number of carbonyl (C=O) groups is 1. The molecular weight excluding hydrogens is 464 g/mol. The van der Waals surface area contributed by atoms with Crippen LogP contribution in [-0.2, 0) is 4.79 Å². The van der Waals surface area contributed by atoms with Crippen molar-refractivity contribution in [1.29, 1.82) is 0 Å². The number of hydrogen-bond donors (Lipinski definition) is 0. The smallest absolute Gasteiger partial charge is 0.308 e. The number of allylic oxidation sites excluding steroid dienone is 2. The van der Waals surface area contributed by atoms with Gasteiger partial charge in [0, 0.05) is 18.1 Å². The van der Waals surface area contributed by atoms with Gasteiger partial charge >= 0.3 is 5.97 Å². The maximum atomic E-state index is 12.1. The standard InChI is InChI=1S/C36H28O2/c1-27(37)38-34-25-15-14-24-32(34)35(30-20-10-4-11-21-30)36(31-22-12-5-13-23-31)33(29-18-8-3-9-19-29)26-28-16-6-2-7-17-28/h2-26H,1H3/b33-26+,36-35+. The second-order valence-electron chi connectivity index (χ2n) is 8.91. The highest BCUT2D eigenvalue weighted by Crippen LogP contribution is 2.44. The van der Waals surface area contributed by atoms with E-state index in [1.807, 2.05) is 60.7 Å². The van der Waals surface area contributed by atoms with E-state index in [1.165, 1.54) is 6.92 Å². The quantitative estimate of drug-likeness (QED) is 0.0982. The Hall–Kier alpha value is -4.95. The van der Waals surface area contributed by atoms with Gasteiger partial charge in [0.2, 0.25) is 0 Å². The molecule has 0 aliphatic heterocycles. The Morgan fingerprint density at radius 2 is 1.03 bits per heavy atom. The van der Waals surface area contributed by atoms with Crippen molar-refractivity contribution in [3.8, 4) is 5.75 Å². The predicted molar refractivity (Wildman–Crippen MR) is 157 cm³/mol. The van der Waals surface area contributed by atoms with Gasteiger partial charge in [-0.3, -0.25) is 4.79 Å². The topological polar surface area (TPSA) is 26.3 Å². The van der Waals surface area contributed by atoms with Gasteiger partial charge in [0.05, 0.1) is 0 Å². The Bertz CT molecular complexity index is 1570. The van der Waals surface area contributed by atoms with Gasteiger partial charge in [-0.1, -0.05) is 140 Å². The first-order chi connectivity index (χ1) is 18.7. The normalized spacial score (nSPS) is 12.0. The molecule has 0 unspecified atom stereocenters. The second kappa shape index (κ2) is 11.9. The van der Waals surface area contributed by atoms with Gasteiger partial charge in [-0.05, 0) is 45.5 Å². The number of para-hydroxylation sites is 1. The average Bonchev–Trinajstić information content (AvgIpc) is 2.97. The Labute approximate surface area is 224 Å². The number of hydrogen-bond acceptors (Lipinski definition) is 2. The number of benzene rings is 5. The van der Waals surface area contributed by atoms with E-state index in [4.69, 9.17) is 4.74 Å². The highest BCUT2D eigenvalue weighted by atomic mass is 16.5. The lowest BCUT2D eigenvalue weighted by Gasteiger charge is -2.22. The SMILES string of the molecule is CC(=O)Oc1ccccc1/C(=C(/C(=C/c1ccccc1)c1ccccc1)c1ccccc1)c1ccccc1. The Morgan fingerprint density at radius 3 is 1.61 bits per heavy atom. The number of ether oxygens (including phenoxy) is 1. The molecule has 2 nitrogen and oxygen atoms in total. The van der Waals surface area contributed by atoms with E-state index in [-0.39, 0.29) is 5.97 Å². The summed E-state index contributed by atoms with van der Waals surface area (Å²) in [4.78, 5) is 12.1. The van der Waals surface area contributed by atoms with E-state index in [0.717, 1.165) is 44.5 Å². The van der Waals surface area contributed by atoms with Crippen molar-refractivity contribution in [3.63, 3.8) is 0 Å². The van der Waals surface area contributed by atoms with Gasteiger partial charge in [-0.25, -0.2) is 0 Å². The first kappa shape index (κ1) is 24.7. The highest BCUT2D eigenvalue weighted by molar-refractivity contribution is 6.21. The lowest BCUT2D eigenvalue weighted by atomic mass is 9.82. The minimum Gasteiger partial charge on any atom is -0.426 e. The third-order valence-corrected chi connectivity index (χ3v) is 6.25. The maximum absolute atomic E-state index is 12.1. The van der Waals surface area contributed by atoms with E-state index < -0.39 is 0 Å². The van der Waals surface area contributed by atoms with E-state index in [1.54, 1.807) is 0 Å². The molecule has 0 amide bonds. The molecule has 0 fully saturated rings. The van der Waals surface area contributed by atoms with Crippen molar-refractivity contribution >= 4 is 28.8 Å². The average molecular weight is 493 g/mol. The van der Waals surface area contributed by atoms with Gasteiger partial charge < -0.3 is 4.74 Å². The van der Waals surface area contributed by atoms with Crippen LogP contribution in [0.4, 0.5) is 0 Å². The molecule has 2 heteroatoms. The lowest BCUT2D eigenvalue weighted by molar-refractivity contribution is -0.131. The third kappa shape index (κ3) is 5.71. The van der Waals surface area contributed by atoms with E-state index >= 15 is 0 Å². The van der Waals surface area contributed by atoms with E-state index in [0.29, 0.717) is 5.75 Å². The van der Waals surface area contributed by atoms with Crippen LogP contribution in [0.2, 0.25) is 0 Å². The third-order valence-electron chi connectivity index (χ3n) is 6.25. The summed E-state index contributed by atoms with van der Waals surface area (Å²) in [6.45, 7) is 1.44. The minimum atomic E-state index is -0.353. The Morgan fingerprint density at radius 1 is 0.553 bits per heavy atom. The van der Waals surface area contributed by atoms with Crippen LogP contribution < -0.4 is 4.74 Å². The van der Waals surface area contributed by atoms with Crippen molar-refractivity contribution in [1.82, 2.24) is 0 Å². The lowest BCUT2D eigenvalue weighted by Crippen LogP contribution is -2.05. The molecule has 0 bridgehead atoms. The van der Waals surface area contributed by atoms with Gasteiger partial charge in [0.15, 0.2) is 0 Å². The fourth-order valence-corrected chi connectivity index (χ4v) is 4.63. The molecule has 0 aliphatic rings. The molecule has 0 N–H and O–H groups in total. The molecule has 0 aliphatic carbocycles. The van der Waals surface area contributed by atoms with Crippen molar-refractivity contribution in [2.24, 2.45) is 0 Å². The molecular formula is C36H28O2. The van der Waals surface area contributed by atoms with Crippen LogP contribution in [0.1, 0.15) is 34.7 Å². The zero-order chi connectivity index (χ0) is 26.2. The van der Waals surface area contributed by atoms with E-state index in [9.17, 15) is 4.79 Å². The summed E-state index contributed by atoms with van der Waals surface area (Å²) in [5.74, 6) is 0.175. The van der Waals surface area contributed by atoms with E-state index in [2.05, 4.69) is 91.0 Å². The molecule has 0 spiro atoms. The zero-order valence-electron chi connectivity index (χ0n) is 21.3. The summed E-state index contributed by atoms with van der Waals surface area (Å²) >= 11 is 0. The van der Waals surface area contributed by atoms with Crippen molar-refractivity contribution in [3.05, 3.63) is 173 Å². The predicted octanol–water partition coefficient (Wildman–Crippen LogP) is 8.81. The van der Waals surface area contributed by atoms with Crippen LogP contribution >= 0.6 is 0 Å². The minimum absolute atomic E-state index is 0.353. The first-order valence-electron chi connectivity index (χ1n) is 12.7. The highest BCUT2D eigenvalue weighted by Gasteiger charge is 2.22. The fourth-order valence-electron chi connectivity index (χ4n) is 4.63. The molecule has 0 heterocycles. The largest absolute Gasteiger partial charge is 0.426 e. The molecule has 5 aromatic rings. The van der Waals surface area contributed by atoms with Gasteiger partial charge in [0.25, 0.3) is 0 Å². The van der Waals surface area contributed by atoms with Crippen LogP contribution in [0.5, 0.6) is 5.75 Å². The zero-order valence-corrected chi connectivity index (χ0v) is 21.3. The maximum Gasteiger partial charge on any atom is 0.308 e. The van der Waals surface area contributed by atoms with Crippen LogP contribution in [0.25, 0.3) is 22.8 Å². The van der Waals surface area contributed by atoms with Crippen LogP contribution in [0.3, 0.4) is 0 Å². The first-order valence-corrected chi connectivity index (χ1v) is 12.7. The molecule has 5 aromatic carbocycles. The Kier molecular flexibility index (Phi) is 7.72. The molecule has 5 rings (SSSR count). The molecule has 184 valence electrons. The van der Waals surface area contributed by atoms with Crippen LogP contribution in [0, 0.1) is 0 Å². The summed E-state index contributed by atoms with van der Waals surface area (Å²) in [5.41, 5.74) is 8.23. The monoisotopic (exact) mass is 492 g/mol. The summed E-state index contributed by atoms with van der Waals surface area (Å²) in [6.07, 6.45) is 2.23. The summed E-state index contributed by atoms with van der Waals surface area (Å²) in [7, 11) is 0. The summed E-state index contributed by atoms with van der Waals surface area (Å²) in [5, 5.41) is 0. The second-order valence-corrected chi connectivity index (χ2v) is 8.91. The molecule has 0 aromatic heterocycles. The van der Waals surface area contributed by atoms with Crippen LogP contribution in [0.15, 0.2) is 146 Å². The Balaban J connectivity index is 1.94. The summed E-state index contributed by atoms with van der Waals surface area (Å²) < 4.78 is 5.75. The number of rotatable bonds is 7. The van der Waals surface area contributed by atoms with Crippen molar-refractivity contribution in [2.45, 2.75) is 6.92 Å². The molecule has 0 saturated heterocycles. The van der Waals surface area contributed by atoms with Crippen LogP contribution in [-0.4, -0.2) is 5.97 Å². The molecule has 0 radical (unpaired) electrons.